The van der Waals surface area contributed by atoms with E-state index >= 15 is 0 Å². The molecule has 3 heteroatoms. The first kappa shape index (κ1) is 15.5. The largest absolute Gasteiger partial charge is 0.338 e. The Kier molecular flexibility index (Phi) is 5.14. The molecule has 0 aliphatic carbocycles. The fraction of sp³-hybridized carbons (Fsp3) is 0.632. The summed E-state index contributed by atoms with van der Waals surface area (Å²) in [7, 11) is 0. The van der Waals surface area contributed by atoms with E-state index in [1.165, 1.54) is 44.5 Å². The molecule has 22 heavy (non-hydrogen) atoms. The van der Waals surface area contributed by atoms with Gasteiger partial charge in [0.05, 0.1) is 0 Å². The number of aryl methyl sites for hydroxylation is 1. The van der Waals surface area contributed by atoms with Gasteiger partial charge in [-0.1, -0.05) is 19.1 Å². The highest BCUT2D eigenvalue weighted by Crippen LogP contribution is 2.21. The lowest BCUT2D eigenvalue weighted by atomic mass is 9.96. The van der Waals surface area contributed by atoms with Crippen LogP contribution >= 0.6 is 0 Å². The van der Waals surface area contributed by atoms with Crippen LogP contribution in [0.5, 0.6) is 0 Å². The van der Waals surface area contributed by atoms with Crippen molar-refractivity contribution in [2.75, 3.05) is 32.7 Å². The van der Waals surface area contributed by atoms with Crippen molar-refractivity contribution < 1.29 is 4.79 Å². The molecule has 2 fully saturated rings. The molecule has 1 aromatic rings. The lowest BCUT2D eigenvalue weighted by Crippen LogP contribution is -2.43. The number of hydrogen-bond acceptors (Lipinski definition) is 2. The zero-order valence-electron chi connectivity index (χ0n) is 13.8. The van der Waals surface area contributed by atoms with Gasteiger partial charge in [-0.25, -0.2) is 0 Å². The molecule has 0 saturated carbocycles. The van der Waals surface area contributed by atoms with Gasteiger partial charge in [0.25, 0.3) is 5.91 Å². The summed E-state index contributed by atoms with van der Waals surface area (Å²) >= 11 is 0. The maximum Gasteiger partial charge on any atom is 0.253 e. The summed E-state index contributed by atoms with van der Waals surface area (Å²) in [5, 5.41) is 0. The van der Waals surface area contributed by atoms with Crippen molar-refractivity contribution in [2.45, 2.75) is 39.0 Å². The molecule has 2 heterocycles. The summed E-state index contributed by atoms with van der Waals surface area (Å²) < 4.78 is 0. The van der Waals surface area contributed by atoms with Gasteiger partial charge >= 0.3 is 0 Å². The average Bonchev–Trinajstić information content (AvgIpc) is 3.07. The molecule has 0 aromatic heterocycles. The molecule has 1 unspecified atom stereocenters. The molecule has 0 radical (unpaired) electrons. The van der Waals surface area contributed by atoms with E-state index in [0.717, 1.165) is 31.5 Å². The number of benzene rings is 1. The molecular formula is C19H28N2O. The molecule has 0 N–H and O–H groups in total. The molecule has 1 aromatic carbocycles. The fourth-order valence-corrected chi connectivity index (χ4v) is 3.79. The Hall–Kier alpha value is -1.35. The Bertz CT molecular complexity index is 491. The van der Waals surface area contributed by atoms with E-state index in [-0.39, 0.29) is 5.91 Å². The van der Waals surface area contributed by atoms with Crippen LogP contribution in [0.1, 0.15) is 48.5 Å². The van der Waals surface area contributed by atoms with Crippen molar-refractivity contribution in [1.82, 2.24) is 9.80 Å². The van der Waals surface area contributed by atoms with Gasteiger partial charge in [-0.2, -0.15) is 0 Å². The molecule has 0 spiro atoms. The quantitative estimate of drug-likeness (QED) is 0.852. The van der Waals surface area contributed by atoms with Crippen LogP contribution in [-0.4, -0.2) is 48.4 Å². The number of piperidine rings is 1. The molecule has 1 amide bonds. The molecule has 120 valence electrons. The second kappa shape index (κ2) is 7.28. The molecular weight excluding hydrogens is 272 g/mol. The van der Waals surface area contributed by atoms with Gasteiger partial charge < -0.3 is 9.80 Å². The number of rotatable bonds is 4. The third-order valence-corrected chi connectivity index (χ3v) is 5.13. The average molecular weight is 300 g/mol. The van der Waals surface area contributed by atoms with Gasteiger partial charge in [-0.3, -0.25) is 4.79 Å². The van der Waals surface area contributed by atoms with Gasteiger partial charge in [-0.05, 0) is 68.8 Å². The van der Waals surface area contributed by atoms with E-state index < -0.39 is 0 Å². The SMILES string of the molecule is CCc1ccc(C(=O)N2CCCC(CN3CCCC3)C2)cc1. The summed E-state index contributed by atoms with van der Waals surface area (Å²) in [6.45, 7) is 7.69. The third kappa shape index (κ3) is 3.70. The van der Waals surface area contributed by atoms with E-state index in [9.17, 15) is 4.79 Å². The van der Waals surface area contributed by atoms with Crippen LogP contribution in [0.25, 0.3) is 0 Å². The van der Waals surface area contributed by atoms with E-state index in [1.807, 2.05) is 12.1 Å². The van der Waals surface area contributed by atoms with E-state index in [0.29, 0.717) is 5.92 Å². The number of nitrogens with zero attached hydrogens (tertiary/aromatic N) is 2. The van der Waals surface area contributed by atoms with Gasteiger partial charge in [-0.15, -0.1) is 0 Å². The van der Waals surface area contributed by atoms with Crippen LogP contribution in [0.3, 0.4) is 0 Å². The van der Waals surface area contributed by atoms with E-state index in [4.69, 9.17) is 0 Å². The number of carbonyl (C=O) groups is 1. The summed E-state index contributed by atoms with van der Waals surface area (Å²) in [6.07, 6.45) is 6.14. The Labute approximate surface area is 134 Å². The predicted octanol–water partition coefficient (Wildman–Crippen LogP) is 3.20. The first-order valence-electron chi connectivity index (χ1n) is 8.87. The number of hydrogen-bond donors (Lipinski definition) is 0. The highest BCUT2D eigenvalue weighted by atomic mass is 16.2. The van der Waals surface area contributed by atoms with Crippen LogP contribution in [0, 0.1) is 5.92 Å². The van der Waals surface area contributed by atoms with Crippen LogP contribution in [0.15, 0.2) is 24.3 Å². The molecule has 1 atom stereocenters. The van der Waals surface area contributed by atoms with Gasteiger partial charge in [0, 0.05) is 25.2 Å². The molecule has 3 rings (SSSR count). The van der Waals surface area contributed by atoms with Crippen LogP contribution < -0.4 is 0 Å². The van der Waals surface area contributed by atoms with Crippen LogP contribution in [0.4, 0.5) is 0 Å². The number of carbonyl (C=O) groups excluding carboxylic acids is 1. The van der Waals surface area contributed by atoms with E-state index in [2.05, 4.69) is 28.9 Å². The van der Waals surface area contributed by atoms with Crippen molar-refractivity contribution in [3.63, 3.8) is 0 Å². The summed E-state index contributed by atoms with van der Waals surface area (Å²) in [5.74, 6) is 0.875. The topological polar surface area (TPSA) is 23.6 Å². The molecule has 2 aliphatic heterocycles. The lowest BCUT2D eigenvalue weighted by molar-refractivity contribution is 0.0648. The smallest absolute Gasteiger partial charge is 0.253 e. The maximum absolute atomic E-state index is 12.7. The first-order valence-corrected chi connectivity index (χ1v) is 8.87. The second-order valence-electron chi connectivity index (χ2n) is 6.82. The highest BCUT2D eigenvalue weighted by molar-refractivity contribution is 5.94. The van der Waals surface area contributed by atoms with Crippen molar-refractivity contribution in [1.29, 1.82) is 0 Å². The van der Waals surface area contributed by atoms with Crippen LogP contribution in [0.2, 0.25) is 0 Å². The Morgan fingerprint density at radius 3 is 2.50 bits per heavy atom. The number of amides is 1. The molecule has 3 nitrogen and oxygen atoms in total. The van der Waals surface area contributed by atoms with Gasteiger partial charge in [0.15, 0.2) is 0 Å². The van der Waals surface area contributed by atoms with Gasteiger partial charge in [0.2, 0.25) is 0 Å². The van der Waals surface area contributed by atoms with Crippen molar-refractivity contribution >= 4 is 5.91 Å². The standard InChI is InChI=1S/C19H28N2O/c1-2-16-7-9-18(10-8-16)19(22)21-13-5-6-17(15-21)14-20-11-3-4-12-20/h7-10,17H,2-6,11-15H2,1H3. The van der Waals surface area contributed by atoms with Crippen molar-refractivity contribution in [3.05, 3.63) is 35.4 Å². The normalized spacial score (nSPS) is 23.0. The van der Waals surface area contributed by atoms with Crippen molar-refractivity contribution in [3.8, 4) is 0 Å². The molecule has 2 saturated heterocycles. The minimum absolute atomic E-state index is 0.216. The van der Waals surface area contributed by atoms with Gasteiger partial charge in [0.1, 0.15) is 0 Å². The zero-order valence-corrected chi connectivity index (χ0v) is 13.8. The molecule has 2 aliphatic rings. The summed E-state index contributed by atoms with van der Waals surface area (Å²) in [4.78, 5) is 17.3. The number of likely N-dealkylation sites (tertiary alicyclic amines) is 2. The Morgan fingerprint density at radius 1 is 1.09 bits per heavy atom. The minimum atomic E-state index is 0.216. The maximum atomic E-state index is 12.7. The van der Waals surface area contributed by atoms with Crippen LogP contribution in [-0.2, 0) is 6.42 Å². The summed E-state index contributed by atoms with van der Waals surface area (Å²) in [5.41, 5.74) is 2.14. The van der Waals surface area contributed by atoms with Crippen molar-refractivity contribution in [2.24, 2.45) is 5.92 Å². The zero-order chi connectivity index (χ0) is 15.4. The third-order valence-electron chi connectivity index (χ3n) is 5.13. The lowest BCUT2D eigenvalue weighted by Gasteiger charge is -2.34. The van der Waals surface area contributed by atoms with E-state index in [1.54, 1.807) is 0 Å². The fourth-order valence-electron chi connectivity index (χ4n) is 3.79. The Morgan fingerprint density at radius 2 is 1.82 bits per heavy atom. The minimum Gasteiger partial charge on any atom is -0.338 e. The second-order valence-corrected chi connectivity index (χ2v) is 6.82. The Balaban J connectivity index is 1.59. The predicted molar refractivity (Wildman–Crippen MR) is 90.1 cm³/mol. The summed E-state index contributed by atoms with van der Waals surface area (Å²) in [6, 6.07) is 8.15. The highest BCUT2D eigenvalue weighted by Gasteiger charge is 2.26. The first-order chi connectivity index (χ1) is 10.8. The monoisotopic (exact) mass is 300 g/mol. The molecule has 0 bridgehead atoms.